The van der Waals surface area contributed by atoms with Crippen LogP contribution in [0.3, 0.4) is 0 Å². The highest BCUT2D eigenvalue weighted by molar-refractivity contribution is 6.35. The van der Waals surface area contributed by atoms with Gasteiger partial charge in [0.25, 0.3) is 5.91 Å². The van der Waals surface area contributed by atoms with Crippen molar-refractivity contribution >= 4 is 52.9 Å². The molecule has 0 aliphatic heterocycles. The number of rotatable bonds is 7. The number of amides is 1. The molecule has 0 bridgehead atoms. The maximum atomic E-state index is 12.2. The number of esters is 1. The summed E-state index contributed by atoms with van der Waals surface area (Å²) in [6.45, 7) is 1.57. The van der Waals surface area contributed by atoms with Crippen LogP contribution in [0.5, 0.6) is 11.5 Å². The van der Waals surface area contributed by atoms with Crippen molar-refractivity contribution in [1.82, 2.24) is 5.43 Å². The number of nitrogens with zero attached hydrogens (tertiary/aromatic N) is 1. The van der Waals surface area contributed by atoms with Crippen LogP contribution >= 0.6 is 34.8 Å². The second-order valence-corrected chi connectivity index (χ2v) is 7.82. The minimum Gasteiger partial charge on any atom is -0.479 e. The number of nitrogens with one attached hydrogen (secondary N) is 1. The van der Waals surface area contributed by atoms with E-state index in [2.05, 4.69) is 10.5 Å². The van der Waals surface area contributed by atoms with Crippen molar-refractivity contribution in [2.45, 2.75) is 13.0 Å². The van der Waals surface area contributed by atoms with Gasteiger partial charge in [-0.15, -0.1) is 0 Å². The maximum Gasteiger partial charge on any atom is 0.343 e. The van der Waals surface area contributed by atoms with Crippen molar-refractivity contribution in [3.63, 3.8) is 0 Å². The van der Waals surface area contributed by atoms with Gasteiger partial charge in [0.2, 0.25) is 0 Å². The molecule has 9 heteroatoms. The SMILES string of the molecule is CC(Oc1ccc(Cl)cc1Cl)C(=O)NN=Cc1ccc(OC(=O)c2cccc(Cl)c2)cc1. The van der Waals surface area contributed by atoms with Crippen LogP contribution in [0.1, 0.15) is 22.8 Å². The van der Waals surface area contributed by atoms with Gasteiger partial charge in [-0.2, -0.15) is 5.10 Å². The number of halogens is 3. The lowest BCUT2D eigenvalue weighted by atomic mass is 10.2. The molecule has 0 fully saturated rings. The molecule has 0 aliphatic rings. The van der Waals surface area contributed by atoms with Crippen LogP contribution in [0.4, 0.5) is 0 Å². The predicted molar refractivity (Wildman–Crippen MR) is 125 cm³/mol. The molecule has 6 nitrogen and oxygen atoms in total. The van der Waals surface area contributed by atoms with Crippen LogP contribution in [-0.4, -0.2) is 24.2 Å². The van der Waals surface area contributed by atoms with Gasteiger partial charge in [-0.25, -0.2) is 10.2 Å². The van der Waals surface area contributed by atoms with E-state index in [1.54, 1.807) is 61.5 Å². The summed E-state index contributed by atoms with van der Waals surface area (Å²) in [4.78, 5) is 24.3. The Bertz CT molecular complexity index is 1150. The van der Waals surface area contributed by atoms with Gasteiger partial charge in [0.1, 0.15) is 11.5 Å². The monoisotopic (exact) mass is 490 g/mol. The molecule has 32 heavy (non-hydrogen) atoms. The lowest BCUT2D eigenvalue weighted by Gasteiger charge is -2.14. The summed E-state index contributed by atoms with van der Waals surface area (Å²) in [6, 6.07) is 17.8. The van der Waals surface area contributed by atoms with E-state index in [0.29, 0.717) is 37.7 Å². The molecular weight excluding hydrogens is 475 g/mol. The zero-order valence-electron chi connectivity index (χ0n) is 16.7. The molecule has 0 radical (unpaired) electrons. The second-order valence-electron chi connectivity index (χ2n) is 6.54. The maximum absolute atomic E-state index is 12.2. The quantitative estimate of drug-likeness (QED) is 0.197. The molecule has 0 aromatic heterocycles. The number of hydrogen-bond acceptors (Lipinski definition) is 5. The third-order valence-corrected chi connectivity index (χ3v) is 4.87. The van der Waals surface area contributed by atoms with E-state index in [-0.39, 0.29) is 0 Å². The van der Waals surface area contributed by atoms with E-state index in [4.69, 9.17) is 44.3 Å². The molecule has 1 atom stereocenters. The Balaban J connectivity index is 1.51. The minimum atomic E-state index is -0.834. The van der Waals surface area contributed by atoms with E-state index in [1.807, 2.05) is 0 Å². The van der Waals surface area contributed by atoms with Gasteiger partial charge >= 0.3 is 5.97 Å². The van der Waals surface area contributed by atoms with Gasteiger partial charge in [0.05, 0.1) is 16.8 Å². The number of ether oxygens (including phenoxy) is 2. The Morgan fingerprint density at radius 1 is 0.969 bits per heavy atom. The molecular formula is C23H17Cl3N2O4. The summed E-state index contributed by atoms with van der Waals surface area (Å²) < 4.78 is 10.8. The fraction of sp³-hybridized carbons (Fsp3) is 0.0870. The first-order valence-corrected chi connectivity index (χ1v) is 10.5. The number of hydrogen-bond donors (Lipinski definition) is 1. The number of carbonyl (C=O) groups excluding carboxylic acids is 2. The number of benzene rings is 3. The molecule has 0 saturated carbocycles. The third kappa shape index (κ3) is 6.72. The Morgan fingerprint density at radius 2 is 1.69 bits per heavy atom. The van der Waals surface area contributed by atoms with E-state index in [9.17, 15) is 9.59 Å². The van der Waals surface area contributed by atoms with Crippen molar-refractivity contribution in [1.29, 1.82) is 0 Å². The zero-order valence-corrected chi connectivity index (χ0v) is 19.0. The van der Waals surface area contributed by atoms with Crippen molar-refractivity contribution in [2.24, 2.45) is 5.10 Å². The average Bonchev–Trinajstić information content (AvgIpc) is 2.76. The van der Waals surface area contributed by atoms with Gasteiger partial charge in [-0.05, 0) is 73.2 Å². The number of carbonyl (C=O) groups is 2. The molecule has 3 aromatic carbocycles. The Hall–Kier alpha value is -3.06. The molecule has 164 valence electrons. The van der Waals surface area contributed by atoms with Crippen molar-refractivity contribution in [3.8, 4) is 11.5 Å². The van der Waals surface area contributed by atoms with Crippen LogP contribution in [0.15, 0.2) is 71.8 Å². The first-order chi connectivity index (χ1) is 15.3. The molecule has 0 spiro atoms. The van der Waals surface area contributed by atoms with E-state index in [0.717, 1.165) is 0 Å². The Morgan fingerprint density at radius 3 is 2.38 bits per heavy atom. The molecule has 0 heterocycles. The lowest BCUT2D eigenvalue weighted by molar-refractivity contribution is -0.127. The summed E-state index contributed by atoms with van der Waals surface area (Å²) in [7, 11) is 0. The largest absolute Gasteiger partial charge is 0.479 e. The molecule has 3 aromatic rings. The molecule has 1 unspecified atom stereocenters. The highest BCUT2D eigenvalue weighted by atomic mass is 35.5. The van der Waals surface area contributed by atoms with Crippen LogP contribution < -0.4 is 14.9 Å². The highest BCUT2D eigenvalue weighted by Crippen LogP contribution is 2.28. The normalized spacial score (nSPS) is 11.8. The summed E-state index contributed by atoms with van der Waals surface area (Å²) in [5, 5.41) is 5.13. The number of hydrazone groups is 1. The minimum absolute atomic E-state index is 0.303. The first kappa shape index (κ1) is 23.6. The summed E-state index contributed by atoms with van der Waals surface area (Å²) in [5.74, 6) is -0.279. The smallest absolute Gasteiger partial charge is 0.343 e. The lowest BCUT2D eigenvalue weighted by Crippen LogP contribution is -2.33. The van der Waals surface area contributed by atoms with Gasteiger partial charge < -0.3 is 9.47 Å². The fourth-order valence-corrected chi connectivity index (χ4v) is 3.12. The van der Waals surface area contributed by atoms with Crippen LogP contribution in [-0.2, 0) is 4.79 Å². The van der Waals surface area contributed by atoms with Gasteiger partial charge in [0, 0.05) is 10.0 Å². The Kier molecular flexibility index (Phi) is 8.11. The topological polar surface area (TPSA) is 77.0 Å². The highest BCUT2D eigenvalue weighted by Gasteiger charge is 2.15. The summed E-state index contributed by atoms with van der Waals surface area (Å²) >= 11 is 17.8. The summed E-state index contributed by atoms with van der Waals surface area (Å²) in [5.41, 5.74) is 3.43. The molecule has 0 aliphatic carbocycles. The van der Waals surface area contributed by atoms with Crippen molar-refractivity contribution in [3.05, 3.63) is 92.9 Å². The van der Waals surface area contributed by atoms with Gasteiger partial charge in [-0.3, -0.25) is 4.79 Å². The van der Waals surface area contributed by atoms with E-state index in [1.165, 1.54) is 18.3 Å². The van der Waals surface area contributed by atoms with Crippen LogP contribution in [0.25, 0.3) is 0 Å². The Labute approximate surface area is 199 Å². The second kappa shape index (κ2) is 11.0. The van der Waals surface area contributed by atoms with Gasteiger partial charge in [0.15, 0.2) is 6.10 Å². The first-order valence-electron chi connectivity index (χ1n) is 9.34. The van der Waals surface area contributed by atoms with Crippen LogP contribution in [0.2, 0.25) is 15.1 Å². The van der Waals surface area contributed by atoms with Crippen molar-refractivity contribution in [2.75, 3.05) is 0 Å². The van der Waals surface area contributed by atoms with Crippen molar-refractivity contribution < 1.29 is 19.1 Å². The van der Waals surface area contributed by atoms with E-state index < -0.39 is 18.0 Å². The molecule has 3 rings (SSSR count). The average molecular weight is 492 g/mol. The van der Waals surface area contributed by atoms with E-state index >= 15 is 0 Å². The van der Waals surface area contributed by atoms with Gasteiger partial charge in [-0.1, -0.05) is 40.9 Å². The molecule has 1 amide bonds. The third-order valence-electron chi connectivity index (χ3n) is 4.11. The predicted octanol–water partition coefficient (Wildman–Crippen LogP) is 5.78. The fourth-order valence-electron chi connectivity index (χ4n) is 2.48. The van der Waals surface area contributed by atoms with Crippen LogP contribution in [0, 0.1) is 0 Å². The molecule has 1 N–H and O–H groups in total. The summed E-state index contributed by atoms with van der Waals surface area (Å²) in [6.07, 6.45) is 0.613. The molecule has 0 saturated heterocycles. The zero-order chi connectivity index (χ0) is 23.1. The standard InChI is InChI=1S/C23H17Cl3N2O4/c1-14(31-21-10-7-18(25)12-20(21)26)22(29)28-27-13-15-5-8-19(9-6-15)32-23(30)16-3-2-4-17(24)11-16/h2-14H,1H3,(H,28,29).